The standard InChI is InChI=1S/C5H11N.CH4S/c1-6-4-2-3-5-6;1-2/h2-5H2,1H3;2H,1H3. The molecule has 1 rings (SSSR count). The van der Waals surface area contributed by atoms with Crippen molar-refractivity contribution < 1.29 is 0 Å². The molecule has 2 heteroatoms. The largest absolute Gasteiger partial charge is 0.306 e. The highest BCUT2D eigenvalue weighted by Gasteiger charge is 2.03. The second-order valence-corrected chi connectivity index (χ2v) is 2.01. The van der Waals surface area contributed by atoms with Gasteiger partial charge in [0.1, 0.15) is 0 Å². The number of hydrogen-bond acceptors (Lipinski definition) is 2. The van der Waals surface area contributed by atoms with Crippen molar-refractivity contribution >= 4 is 12.6 Å². The molecule has 8 heavy (non-hydrogen) atoms. The highest BCUT2D eigenvalue weighted by Crippen LogP contribution is 2.01. The third-order valence-corrected chi connectivity index (χ3v) is 1.33. The molecule has 1 aliphatic heterocycles. The summed E-state index contributed by atoms with van der Waals surface area (Å²) < 4.78 is 0. The number of rotatable bonds is 0. The van der Waals surface area contributed by atoms with Gasteiger partial charge in [-0.05, 0) is 39.2 Å². The minimum Gasteiger partial charge on any atom is -0.306 e. The molecule has 0 aromatic rings. The molecule has 0 aliphatic carbocycles. The molecule has 50 valence electrons. The van der Waals surface area contributed by atoms with Crippen molar-refractivity contribution in [3.05, 3.63) is 0 Å². The molecule has 0 bridgehead atoms. The lowest BCUT2D eigenvalue weighted by Crippen LogP contribution is -2.10. The van der Waals surface area contributed by atoms with Crippen molar-refractivity contribution in [1.82, 2.24) is 4.90 Å². The van der Waals surface area contributed by atoms with Gasteiger partial charge in [-0.2, -0.15) is 12.6 Å². The molecule has 0 atom stereocenters. The summed E-state index contributed by atoms with van der Waals surface area (Å²) in [4.78, 5) is 2.36. The van der Waals surface area contributed by atoms with Gasteiger partial charge in [0.2, 0.25) is 0 Å². The van der Waals surface area contributed by atoms with Crippen molar-refractivity contribution in [3.8, 4) is 0 Å². The molecule has 1 heterocycles. The normalized spacial score (nSPS) is 19.9. The van der Waals surface area contributed by atoms with Crippen molar-refractivity contribution in [2.75, 3.05) is 26.4 Å². The molecule has 1 fully saturated rings. The molecule has 0 N–H and O–H groups in total. The second kappa shape index (κ2) is 5.45. The van der Waals surface area contributed by atoms with E-state index in [2.05, 4.69) is 24.6 Å². The predicted molar refractivity (Wildman–Crippen MR) is 41.6 cm³/mol. The molecule has 0 saturated carbocycles. The molecule has 0 aromatic heterocycles. The Kier molecular flexibility index (Phi) is 5.66. The van der Waals surface area contributed by atoms with Gasteiger partial charge in [0.15, 0.2) is 0 Å². The summed E-state index contributed by atoms with van der Waals surface area (Å²) in [5.41, 5.74) is 0. The minimum atomic E-state index is 1.32. The monoisotopic (exact) mass is 133 g/mol. The summed E-state index contributed by atoms with van der Waals surface area (Å²) in [5, 5.41) is 0. The Morgan fingerprint density at radius 3 is 1.62 bits per heavy atom. The molecule has 0 spiro atoms. The maximum atomic E-state index is 3.53. The van der Waals surface area contributed by atoms with Crippen LogP contribution in [-0.4, -0.2) is 31.3 Å². The zero-order valence-electron chi connectivity index (χ0n) is 5.72. The fourth-order valence-corrected chi connectivity index (χ4v) is 0.875. The molecule has 1 nitrogen and oxygen atoms in total. The zero-order valence-corrected chi connectivity index (χ0v) is 6.62. The van der Waals surface area contributed by atoms with Crippen LogP contribution in [0, 0.1) is 0 Å². The number of nitrogens with zero attached hydrogens (tertiary/aromatic N) is 1. The van der Waals surface area contributed by atoms with Gasteiger partial charge < -0.3 is 4.90 Å². The molecule has 0 radical (unpaired) electrons. The smallest absolute Gasteiger partial charge is 0.00213 e. The van der Waals surface area contributed by atoms with E-state index in [-0.39, 0.29) is 0 Å². The Bertz CT molecular complexity index is 41.8. The van der Waals surface area contributed by atoms with Crippen LogP contribution in [0.2, 0.25) is 0 Å². The van der Waals surface area contributed by atoms with E-state index in [1.807, 2.05) is 0 Å². The SMILES string of the molecule is CN1CCCC1.CS. The summed E-state index contributed by atoms with van der Waals surface area (Å²) in [5.74, 6) is 0. The summed E-state index contributed by atoms with van der Waals surface area (Å²) in [6.07, 6.45) is 4.52. The van der Waals surface area contributed by atoms with Gasteiger partial charge in [0.25, 0.3) is 0 Å². The van der Waals surface area contributed by atoms with Gasteiger partial charge >= 0.3 is 0 Å². The van der Waals surface area contributed by atoms with Crippen LogP contribution < -0.4 is 0 Å². The van der Waals surface area contributed by atoms with E-state index in [0.717, 1.165) is 0 Å². The minimum absolute atomic E-state index is 1.32. The second-order valence-electron chi connectivity index (χ2n) is 2.01. The van der Waals surface area contributed by atoms with Crippen molar-refractivity contribution in [1.29, 1.82) is 0 Å². The Hall–Kier alpha value is 0.310. The number of thiol groups is 1. The van der Waals surface area contributed by atoms with Crippen LogP contribution in [0.3, 0.4) is 0 Å². The van der Waals surface area contributed by atoms with E-state index in [1.165, 1.54) is 25.9 Å². The van der Waals surface area contributed by atoms with E-state index < -0.39 is 0 Å². The van der Waals surface area contributed by atoms with Crippen molar-refractivity contribution in [2.24, 2.45) is 0 Å². The lowest BCUT2D eigenvalue weighted by Gasteiger charge is -2.01. The van der Waals surface area contributed by atoms with Gasteiger partial charge in [0, 0.05) is 0 Å². The lowest BCUT2D eigenvalue weighted by molar-refractivity contribution is 0.418. The lowest BCUT2D eigenvalue weighted by atomic mass is 10.4. The van der Waals surface area contributed by atoms with Crippen LogP contribution in [0.5, 0.6) is 0 Å². The molecule has 1 saturated heterocycles. The first-order valence-electron chi connectivity index (χ1n) is 3.03. The molecule has 0 unspecified atom stereocenters. The fourth-order valence-electron chi connectivity index (χ4n) is 0.875. The number of likely N-dealkylation sites (tertiary alicyclic amines) is 1. The van der Waals surface area contributed by atoms with Crippen LogP contribution in [0.25, 0.3) is 0 Å². The molecular formula is C6H15NS. The van der Waals surface area contributed by atoms with Crippen molar-refractivity contribution in [3.63, 3.8) is 0 Å². The van der Waals surface area contributed by atoms with Gasteiger partial charge in [-0.1, -0.05) is 0 Å². The van der Waals surface area contributed by atoms with Gasteiger partial charge in [-0.25, -0.2) is 0 Å². The predicted octanol–water partition coefficient (Wildman–Crippen LogP) is 1.26. The van der Waals surface area contributed by atoms with Crippen LogP contribution in [0.15, 0.2) is 0 Å². The highest BCUT2D eigenvalue weighted by atomic mass is 32.1. The summed E-state index contributed by atoms with van der Waals surface area (Å²) in [6.45, 7) is 2.64. The Labute approximate surface area is 57.5 Å². The van der Waals surface area contributed by atoms with Crippen molar-refractivity contribution in [2.45, 2.75) is 12.8 Å². The highest BCUT2D eigenvalue weighted by molar-refractivity contribution is 7.79. The van der Waals surface area contributed by atoms with Crippen LogP contribution in [0.1, 0.15) is 12.8 Å². The molecule has 1 aliphatic rings. The van der Waals surface area contributed by atoms with Crippen LogP contribution in [0.4, 0.5) is 0 Å². The van der Waals surface area contributed by atoms with E-state index in [1.54, 1.807) is 6.26 Å². The van der Waals surface area contributed by atoms with Gasteiger partial charge in [-0.15, -0.1) is 0 Å². The quantitative estimate of drug-likeness (QED) is 0.487. The van der Waals surface area contributed by atoms with E-state index in [9.17, 15) is 0 Å². The Morgan fingerprint density at radius 1 is 1.12 bits per heavy atom. The summed E-state index contributed by atoms with van der Waals surface area (Å²) in [6, 6.07) is 0. The van der Waals surface area contributed by atoms with E-state index >= 15 is 0 Å². The van der Waals surface area contributed by atoms with Crippen LogP contribution in [-0.2, 0) is 0 Å². The third kappa shape index (κ3) is 3.33. The maximum absolute atomic E-state index is 3.53. The average Bonchev–Trinajstić information content (AvgIpc) is 2.24. The van der Waals surface area contributed by atoms with E-state index in [4.69, 9.17) is 0 Å². The van der Waals surface area contributed by atoms with Gasteiger partial charge in [-0.3, -0.25) is 0 Å². The first kappa shape index (κ1) is 8.31. The van der Waals surface area contributed by atoms with E-state index in [0.29, 0.717) is 0 Å². The molecule has 0 aromatic carbocycles. The van der Waals surface area contributed by atoms with Crippen LogP contribution >= 0.6 is 12.6 Å². The zero-order chi connectivity index (χ0) is 6.41. The fraction of sp³-hybridized carbons (Fsp3) is 1.00. The van der Waals surface area contributed by atoms with Gasteiger partial charge in [0.05, 0.1) is 0 Å². The third-order valence-electron chi connectivity index (χ3n) is 1.33. The molecular weight excluding hydrogens is 118 g/mol. The first-order chi connectivity index (χ1) is 3.89. The maximum Gasteiger partial charge on any atom is -0.00213 e. The average molecular weight is 133 g/mol. The Balaban J connectivity index is 0.000000222. The first-order valence-corrected chi connectivity index (χ1v) is 3.92. The summed E-state index contributed by atoms with van der Waals surface area (Å²) >= 11 is 3.53. The topological polar surface area (TPSA) is 3.24 Å². The Morgan fingerprint density at radius 2 is 1.50 bits per heavy atom. The number of hydrogen-bond donors (Lipinski definition) is 1. The molecule has 0 amide bonds. The summed E-state index contributed by atoms with van der Waals surface area (Å²) in [7, 11) is 2.17.